The SMILES string of the molecule is [C-]#[N+]c1ccccc1-c1ccc2c(c1)c1cc(-c3ccccc3[N+]#[C-])ccc1n2-c1ccc(-c2ccc3sc4ccccc4c3c2)cc1-c1nc(-c2ccccc2)nc(-c2ccccc2)n1. The molecular weight excluding hydrogens is 825 g/mol. The second-order valence-electron chi connectivity index (χ2n) is 16.1. The molecule has 0 spiro atoms. The number of hydrogen-bond donors (Lipinski definition) is 0. The molecule has 0 radical (unpaired) electrons. The second-order valence-corrected chi connectivity index (χ2v) is 17.2. The number of aromatic nitrogens is 4. The summed E-state index contributed by atoms with van der Waals surface area (Å²) in [5.74, 6) is 1.70. The highest BCUT2D eigenvalue weighted by molar-refractivity contribution is 7.25. The molecule has 7 heteroatoms. The normalized spacial score (nSPS) is 11.3. The average molecular weight is 859 g/mol. The van der Waals surface area contributed by atoms with Gasteiger partial charge in [0, 0.05) is 47.6 Å². The Balaban J connectivity index is 1.16. The lowest BCUT2D eigenvalue weighted by molar-refractivity contribution is 1.06. The van der Waals surface area contributed by atoms with Gasteiger partial charge in [-0.25, -0.2) is 24.6 Å². The van der Waals surface area contributed by atoms with Crippen LogP contribution in [0, 0.1) is 13.1 Å². The number of benzene rings is 9. The minimum atomic E-state index is 0.543. The van der Waals surface area contributed by atoms with Crippen molar-refractivity contribution in [3.05, 3.63) is 229 Å². The summed E-state index contributed by atoms with van der Waals surface area (Å²) in [6, 6.07) is 70.5. The Morgan fingerprint density at radius 2 is 0.818 bits per heavy atom. The van der Waals surface area contributed by atoms with Gasteiger partial charge in [0.1, 0.15) is 0 Å². The Morgan fingerprint density at radius 3 is 1.42 bits per heavy atom. The molecule has 0 aliphatic rings. The molecule has 12 rings (SSSR count). The van der Waals surface area contributed by atoms with E-state index in [9.17, 15) is 0 Å². The van der Waals surface area contributed by atoms with Gasteiger partial charge in [0.15, 0.2) is 28.8 Å². The molecular formula is C59H34N6S. The number of thiophene rings is 1. The van der Waals surface area contributed by atoms with Gasteiger partial charge in [0.25, 0.3) is 0 Å². The lowest BCUT2D eigenvalue weighted by Crippen LogP contribution is -2.04. The third-order valence-corrected chi connectivity index (χ3v) is 13.5. The van der Waals surface area contributed by atoms with Gasteiger partial charge in [-0.1, -0.05) is 152 Å². The van der Waals surface area contributed by atoms with Crippen molar-refractivity contribution in [1.29, 1.82) is 0 Å². The molecule has 0 atom stereocenters. The quantitative estimate of drug-likeness (QED) is 0.150. The van der Waals surface area contributed by atoms with E-state index in [1.54, 1.807) is 0 Å². The highest BCUT2D eigenvalue weighted by atomic mass is 32.1. The number of para-hydroxylation sites is 2. The van der Waals surface area contributed by atoms with Crippen LogP contribution in [0.2, 0.25) is 0 Å². The molecule has 0 unspecified atom stereocenters. The van der Waals surface area contributed by atoms with Gasteiger partial charge >= 0.3 is 0 Å². The van der Waals surface area contributed by atoms with Crippen molar-refractivity contribution in [3.63, 3.8) is 0 Å². The molecule has 0 amide bonds. The molecule has 0 saturated carbocycles. The standard InChI is InChI=1S/C59H34N6S/c1-60-50-22-12-9-19-43(50)41-26-30-52-46(35-41)47-36-42(44-20-10-13-23-51(44)61-2)27-31-53(47)65(52)54-29-25-39(40-28-32-56-48(33-40)45-21-11-14-24-55(45)66-56)34-49(54)59-63-57(37-15-5-3-6-16-37)62-58(64-59)38-17-7-4-8-18-38/h3-36H. The van der Waals surface area contributed by atoms with Gasteiger partial charge in [-0.3, -0.25) is 0 Å². The van der Waals surface area contributed by atoms with E-state index in [4.69, 9.17) is 28.1 Å². The van der Waals surface area contributed by atoms with Gasteiger partial charge in [-0.2, -0.15) is 0 Å². The van der Waals surface area contributed by atoms with Crippen LogP contribution in [0.15, 0.2) is 206 Å². The molecule has 0 fully saturated rings. The Hall–Kier alpha value is -9.01. The van der Waals surface area contributed by atoms with E-state index in [-0.39, 0.29) is 0 Å². The summed E-state index contributed by atoms with van der Waals surface area (Å²) < 4.78 is 4.82. The van der Waals surface area contributed by atoms with Crippen molar-refractivity contribution in [1.82, 2.24) is 19.5 Å². The molecule has 0 bridgehead atoms. The van der Waals surface area contributed by atoms with Gasteiger partial charge in [-0.15, -0.1) is 11.3 Å². The first-order valence-corrected chi connectivity index (χ1v) is 22.4. The van der Waals surface area contributed by atoms with Gasteiger partial charge in [0.2, 0.25) is 0 Å². The van der Waals surface area contributed by atoms with Crippen molar-refractivity contribution in [2.45, 2.75) is 0 Å². The molecule has 9 aromatic carbocycles. The van der Waals surface area contributed by atoms with E-state index in [0.29, 0.717) is 28.8 Å². The van der Waals surface area contributed by atoms with Crippen LogP contribution < -0.4 is 0 Å². The number of rotatable bonds is 7. The van der Waals surface area contributed by atoms with Crippen LogP contribution >= 0.6 is 11.3 Å². The van der Waals surface area contributed by atoms with Crippen LogP contribution in [0.1, 0.15) is 0 Å². The van der Waals surface area contributed by atoms with Crippen molar-refractivity contribution in [3.8, 4) is 73.2 Å². The summed E-state index contributed by atoms with van der Waals surface area (Å²) in [6.07, 6.45) is 0. The average Bonchev–Trinajstić information content (AvgIpc) is 3.93. The fourth-order valence-electron chi connectivity index (χ4n) is 9.17. The summed E-state index contributed by atoms with van der Waals surface area (Å²) in [5.41, 5.74) is 12.4. The molecule has 3 heterocycles. The van der Waals surface area contributed by atoms with Gasteiger partial charge in [0.05, 0.1) is 29.9 Å². The smallest absolute Gasteiger partial charge is 0.194 e. The summed E-state index contributed by atoms with van der Waals surface area (Å²) in [4.78, 5) is 23.4. The van der Waals surface area contributed by atoms with Crippen LogP contribution in [0.5, 0.6) is 0 Å². The third-order valence-electron chi connectivity index (χ3n) is 12.3. The summed E-state index contributed by atoms with van der Waals surface area (Å²) in [5, 5.41) is 4.50. The Bertz CT molecular complexity index is 3790. The van der Waals surface area contributed by atoms with Gasteiger partial charge < -0.3 is 4.57 Å². The van der Waals surface area contributed by atoms with Crippen LogP contribution in [0.4, 0.5) is 11.4 Å². The minimum Gasteiger partial charge on any atom is -0.308 e. The Labute approximate surface area is 384 Å². The predicted octanol–water partition coefficient (Wildman–Crippen LogP) is 16.4. The number of fused-ring (bicyclic) bond motifs is 6. The van der Waals surface area contributed by atoms with E-state index in [1.807, 2.05) is 121 Å². The highest BCUT2D eigenvalue weighted by Crippen LogP contribution is 2.44. The summed E-state index contributed by atoms with van der Waals surface area (Å²) in [7, 11) is 0. The monoisotopic (exact) mass is 858 g/mol. The summed E-state index contributed by atoms with van der Waals surface area (Å²) >= 11 is 1.81. The minimum absolute atomic E-state index is 0.543. The van der Waals surface area contributed by atoms with E-state index in [0.717, 1.165) is 77.6 Å². The molecule has 0 N–H and O–H groups in total. The first-order chi connectivity index (χ1) is 32.6. The lowest BCUT2D eigenvalue weighted by atomic mass is 9.99. The van der Waals surface area contributed by atoms with E-state index >= 15 is 0 Å². The fraction of sp³-hybridized carbons (Fsp3) is 0. The van der Waals surface area contributed by atoms with Crippen LogP contribution in [-0.2, 0) is 0 Å². The van der Waals surface area contributed by atoms with Crippen molar-refractivity contribution in [2.24, 2.45) is 0 Å². The summed E-state index contributed by atoms with van der Waals surface area (Å²) in [6.45, 7) is 16.0. The Kier molecular flexibility index (Phi) is 9.35. The first-order valence-electron chi connectivity index (χ1n) is 21.6. The molecule has 3 aromatic heterocycles. The molecule has 0 aliphatic carbocycles. The zero-order valence-corrected chi connectivity index (χ0v) is 36.0. The second kappa shape index (κ2) is 16.0. The molecule has 0 aliphatic heterocycles. The third kappa shape index (κ3) is 6.59. The van der Waals surface area contributed by atoms with Crippen molar-refractivity contribution < 1.29 is 0 Å². The van der Waals surface area contributed by atoms with E-state index < -0.39 is 0 Å². The first kappa shape index (κ1) is 38.6. The van der Waals surface area contributed by atoms with E-state index in [2.05, 4.69) is 111 Å². The molecule has 306 valence electrons. The predicted molar refractivity (Wildman–Crippen MR) is 272 cm³/mol. The largest absolute Gasteiger partial charge is 0.308 e. The number of hydrogen-bond acceptors (Lipinski definition) is 4. The maximum absolute atomic E-state index is 7.98. The van der Waals surface area contributed by atoms with Crippen LogP contribution in [0.3, 0.4) is 0 Å². The van der Waals surface area contributed by atoms with Crippen molar-refractivity contribution in [2.75, 3.05) is 0 Å². The Morgan fingerprint density at radius 1 is 0.348 bits per heavy atom. The van der Waals surface area contributed by atoms with E-state index in [1.165, 1.54) is 20.2 Å². The topological polar surface area (TPSA) is 52.3 Å². The lowest BCUT2D eigenvalue weighted by Gasteiger charge is -2.17. The fourth-order valence-corrected chi connectivity index (χ4v) is 10.3. The molecule has 66 heavy (non-hydrogen) atoms. The van der Waals surface area contributed by atoms with Crippen molar-refractivity contribution >= 4 is 64.7 Å². The highest BCUT2D eigenvalue weighted by Gasteiger charge is 2.22. The maximum atomic E-state index is 7.98. The van der Waals surface area contributed by atoms with Crippen LogP contribution in [-0.4, -0.2) is 19.5 Å². The maximum Gasteiger partial charge on any atom is 0.194 e. The zero-order valence-electron chi connectivity index (χ0n) is 35.2. The zero-order chi connectivity index (χ0) is 44.1. The molecule has 0 saturated heterocycles. The van der Waals surface area contributed by atoms with Gasteiger partial charge in [-0.05, 0) is 88.0 Å². The molecule has 6 nitrogen and oxygen atoms in total. The molecule has 12 aromatic rings. The van der Waals surface area contributed by atoms with Crippen LogP contribution in [0.25, 0.3) is 125 Å². The number of nitrogens with zero attached hydrogens (tertiary/aromatic N) is 6.